The van der Waals surface area contributed by atoms with Crippen molar-refractivity contribution in [3.8, 4) is 0 Å². The molecule has 3 heterocycles. The Hall–Kier alpha value is -2.70. The Morgan fingerprint density at radius 1 is 1.26 bits per heavy atom. The molecule has 1 aliphatic rings. The van der Waals surface area contributed by atoms with Crippen LogP contribution in [0, 0.1) is 0 Å². The Kier molecular flexibility index (Phi) is 5.88. The Labute approximate surface area is 160 Å². The summed E-state index contributed by atoms with van der Waals surface area (Å²) in [6, 6.07) is 5.34. The van der Waals surface area contributed by atoms with E-state index in [1.807, 2.05) is 24.1 Å². The fraction of sp³-hybridized carbons (Fsp3) is 0.500. The van der Waals surface area contributed by atoms with Gasteiger partial charge >= 0.3 is 0 Å². The molecule has 1 saturated heterocycles. The lowest BCUT2D eigenvalue weighted by Gasteiger charge is -2.44. The molecule has 7 heteroatoms. The molecular weight excluding hydrogens is 342 g/mol. The zero-order valence-electron chi connectivity index (χ0n) is 16.0. The molecule has 1 atom stereocenters. The van der Waals surface area contributed by atoms with Crippen molar-refractivity contribution in [2.24, 2.45) is 0 Å². The van der Waals surface area contributed by atoms with E-state index in [4.69, 9.17) is 0 Å². The van der Waals surface area contributed by atoms with E-state index in [9.17, 15) is 9.59 Å². The highest BCUT2D eigenvalue weighted by Crippen LogP contribution is 2.31. The fourth-order valence-electron chi connectivity index (χ4n) is 3.83. The largest absolute Gasteiger partial charge is 0.341 e. The third-order valence-electron chi connectivity index (χ3n) is 5.17. The molecule has 0 saturated carbocycles. The van der Waals surface area contributed by atoms with Crippen molar-refractivity contribution >= 4 is 11.8 Å². The molecule has 0 radical (unpaired) electrons. The van der Waals surface area contributed by atoms with E-state index in [0.717, 1.165) is 12.8 Å². The summed E-state index contributed by atoms with van der Waals surface area (Å²) in [6.45, 7) is 6.36. The van der Waals surface area contributed by atoms with Crippen molar-refractivity contribution in [1.82, 2.24) is 24.6 Å². The topological polar surface area (TPSA) is 71.3 Å². The predicted octanol–water partition coefficient (Wildman–Crippen LogP) is 2.17. The van der Waals surface area contributed by atoms with Gasteiger partial charge < -0.3 is 9.80 Å². The van der Waals surface area contributed by atoms with Crippen molar-refractivity contribution in [2.75, 3.05) is 26.2 Å². The van der Waals surface area contributed by atoms with Gasteiger partial charge in [-0.15, -0.1) is 0 Å². The third-order valence-corrected chi connectivity index (χ3v) is 5.17. The van der Waals surface area contributed by atoms with Crippen LogP contribution in [-0.4, -0.2) is 62.6 Å². The van der Waals surface area contributed by atoms with Crippen LogP contribution in [0.3, 0.4) is 0 Å². The quantitative estimate of drug-likeness (QED) is 0.782. The Morgan fingerprint density at radius 2 is 2.11 bits per heavy atom. The van der Waals surface area contributed by atoms with Crippen LogP contribution in [0.25, 0.3) is 0 Å². The first kappa shape index (κ1) is 19.1. The lowest BCUT2D eigenvalue weighted by Crippen LogP contribution is -2.60. The number of nitrogens with zero attached hydrogens (tertiary/aromatic N) is 5. The van der Waals surface area contributed by atoms with Crippen molar-refractivity contribution in [2.45, 2.75) is 38.6 Å². The summed E-state index contributed by atoms with van der Waals surface area (Å²) >= 11 is 0. The Morgan fingerprint density at radius 3 is 2.74 bits per heavy atom. The second-order valence-electron chi connectivity index (χ2n) is 6.94. The number of hydrogen-bond donors (Lipinski definition) is 0. The molecule has 1 fully saturated rings. The first-order chi connectivity index (χ1) is 13.1. The molecule has 0 spiro atoms. The molecule has 27 heavy (non-hydrogen) atoms. The van der Waals surface area contributed by atoms with Crippen molar-refractivity contribution in [1.29, 1.82) is 0 Å². The first-order valence-corrected chi connectivity index (χ1v) is 9.61. The smallest absolute Gasteiger partial charge is 0.255 e. The minimum atomic E-state index is -0.856. The van der Waals surface area contributed by atoms with Crippen LogP contribution < -0.4 is 0 Å². The van der Waals surface area contributed by atoms with Crippen LogP contribution in [0.15, 0.2) is 43.0 Å². The van der Waals surface area contributed by atoms with Gasteiger partial charge in [-0.05, 0) is 44.4 Å². The molecule has 0 aliphatic carbocycles. The maximum Gasteiger partial charge on any atom is 0.255 e. The van der Waals surface area contributed by atoms with Gasteiger partial charge in [-0.2, -0.15) is 5.10 Å². The third kappa shape index (κ3) is 3.72. The zero-order chi connectivity index (χ0) is 19.3. The van der Waals surface area contributed by atoms with E-state index in [2.05, 4.69) is 17.0 Å². The number of carbonyl (C=O) groups excluding carboxylic acids is 2. The molecular formula is C20H27N5O2. The SMILES string of the molecule is CCCN(CC)C(=O)C1(n2cccn2)CCCN(C(=O)c2cccnc2)C1. The standard InChI is InChI=1S/C20H27N5O2/c1-3-12-23(4-2)19(27)20(25-14-7-11-22-25)9-6-13-24(16-20)18(26)17-8-5-10-21-15-17/h5,7-8,10-11,14-15H,3-4,6,9,12-13,16H2,1-2H3. The van der Waals surface area contributed by atoms with Gasteiger partial charge in [0, 0.05) is 44.4 Å². The van der Waals surface area contributed by atoms with Crippen molar-refractivity contribution in [3.05, 3.63) is 48.5 Å². The minimum Gasteiger partial charge on any atom is -0.341 e. The van der Waals surface area contributed by atoms with E-state index in [1.54, 1.807) is 40.3 Å². The summed E-state index contributed by atoms with van der Waals surface area (Å²) < 4.78 is 1.75. The summed E-state index contributed by atoms with van der Waals surface area (Å²) in [4.78, 5) is 34.2. The molecule has 2 amide bonds. The number of aromatic nitrogens is 3. The van der Waals surface area contributed by atoms with Crippen LogP contribution in [0.4, 0.5) is 0 Å². The van der Waals surface area contributed by atoms with E-state index in [-0.39, 0.29) is 11.8 Å². The normalized spacial score (nSPS) is 19.7. The van der Waals surface area contributed by atoms with Gasteiger partial charge in [-0.25, -0.2) is 0 Å². The summed E-state index contributed by atoms with van der Waals surface area (Å²) in [5, 5.41) is 4.40. The monoisotopic (exact) mass is 369 g/mol. The molecule has 0 N–H and O–H groups in total. The zero-order valence-corrected chi connectivity index (χ0v) is 16.0. The summed E-state index contributed by atoms with van der Waals surface area (Å²) in [7, 11) is 0. The second-order valence-corrected chi connectivity index (χ2v) is 6.94. The van der Waals surface area contributed by atoms with Crippen LogP contribution in [0.5, 0.6) is 0 Å². The molecule has 0 bridgehead atoms. The lowest BCUT2D eigenvalue weighted by atomic mass is 9.87. The average Bonchev–Trinajstić information content (AvgIpc) is 3.27. The number of piperidine rings is 1. The lowest BCUT2D eigenvalue weighted by molar-refractivity contribution is -0.144. The van der Waals surface area contributed by atoms with Crippen LogP contribution in [-0.2, 0) is 10.3 Å². The molecule has 2 aromatic heterocycles. The molecule has 2 aromatic rings. The Balaban J connectivity index is 1.94. The number of likely N-dealkylation sites (tertiary alicyclic amines) is 1. The minimum absolute atomic E-state index is 0.0410. The van der Waals surface area contributed by atoms with E-state index < -0.39 is 5.54 Å². The highest BCUT2D eigenvalue weighted by molar-refractivity contribution is 5.95. The van der Waals surface area contributed by atoms with Crippen molar-refractivity contribution < 1.29 is 9.59 Å². The first-order valence-electron chi connectivity index (χ1n) is 9.61. The maximum absolute atomic E-state index is 13.6. The fourth-order valence-corrected chi connectivity index (χ4v) is 3.83. The number of hydrogen-bond acceptors (Lipinski definition) is 4. The van der Waals surface area contributed by atoms with E-state index in [0.29, 0.717) is 38.2 Å². The molecule has 144 valence electrons. The number of likely N-dealkylation sites (N-methyl/N-ethyl adjacent to an activating group) is 1. The second kappa shape index (κ2) is 8.33. The van der Waals surface area contributed by atoms with Gasteiger partial charge in [0.05, 0.1) is 12.1 Å². The van der Waals surface area contributed by atoms with Gasteiger partial charge in [0.1, 0.15) is 0 Å². The van der Waals surface area contributed by atoms with Gasteiger partial charge in [-0.3, -0.25) is 19.3 Å². The highest BCUT2D eigenvalue weighted by Gasteiger charge is 2.47. The number of carbonyl (C=O) groups is 2. The van der Waals surface area contributed by atoms with Gasteiger partial charge in [0.25, 0.3) is 11.8 Å². The van der Waals surface area contributed by atoms with Crippen LogP contribution >= 0.6 is 0 Å². The van der Waals surface area contributed by atoms with Crippen LogP contribution in [0.1, 0.15) is 43.5 Å². The number of pyridine rings is 1. The van der Waals surface area contributed by atoms with E-state index in [1.165, 1.54) is 0 Å². The van der Waals surface area contributed by atoms with Gasteiger partial charge in [-0.1, -0.05) is 6.92 Å². The number of rotatable bonds is 6. The van der Waals surface area contributed by atoms with Crippen molar-refractivity contribution in [3.63, 3.8) is 0 Å². The predicted molar refractivity (Wildman–Crippen MR) is 102 cm³/mol. The van der Waals surface area contributed by atoms with Crippen LogP contribution in [0.2, 0.25) is 0 Å². The maximum atomic E-state index is 13.6. The van der Waals surface area contributed by atoms with Gasteiger partial charge in [0.15, 0.2) is 5.54 Å². The molecule has 0 aromatic carbocycles. The van der Waals surface area contributed by atoms with E-state index >= 15 is 0 Å². The number of amides is 2. The highest BCUT2D eigenvalue weighted by atomic mass is 16.2. The molecule has 1 unspecified atom stereocenters. The Bertz CT molecular complexity index is 762. The molecule has 1 aliphatic heterocycles. The summed E-state index contributed by atoms with van der Waals surface area (Å²) in [5.41, 5.74) is -0.313. The molecule has 3 rings (SSSR count). The van der Waals surface area contributed by atoms with Gasteiger partial charge in [0.2, 0.25) is 0 Å². The summed E-state index contributed by atoms with van der Waals surface area (Å²) in [5.74, 6) is -0.0510. The average molecular weight is 369 g/mol. The molecule has 7 nitrogen and oxygen atoms in total. The summed E-state index contributed by atoms with van der Waals surface area (Å²) in [6.07, 6.45) is 9.06.